The Bertz CT molecular complexity index is 1230. The Kier molecular flexibility index (Phi) is 8.24. The van der Waals surface area contributed by atoms with Gasteiger partial charge in [-0.15, -0.1) is 0 Å². The van der Waals surface area contributed by atoms with Crippen molar-refractivity contribution in [3.8, 4) is 0 Å². The lowest BCUT2D eigenvalue weighted by Crippen LogP contribution is -2.60. The average molecular weight is 590 g/mol. The Morgan fingerprint density at radius 2 is 1.58 bits per heavy atom. The van der Waals surface area contributed by atoms with E-state index in [-0.39, 0.29) is 49.0 Å². The molecule has 4 bridgehead atoms. The van der Waals surface area contributed by atoms with E-state index in [9.17, 15) is 15.0 Å². The highest BCUT2D eigenvalue weighted by Gasteiger charge is 2.51. The molecule has 4 saturated carbocycles. The first-order valence-corrected chi connectivity index (χ1v) is 16.4. The first kappa shape index (κ1) is 29.2. The molecule has 43 heavy (non-hydrogen) atoms. The number of nitrogens with one attached hydrogen (secondary N) is 2. The van der Waals surface area contributed by atoms with E-state index in [4.69, 9.17) is 9.47 Å². The number of hydrogen-bond acceptors (Lipinski definition) is 6. The molecule has 2 aromatic carbocycles. The van der Waals surface area contributed by atoms with Crippen molar-refractivity contribution in [1.82, 2.24) is 10.2 Å². The normalized spacial score (nSPS) is 37.0. The average Bonchev–Trinajstić information content (AvgIpc) is 3.45. The number of hydrogen-bond donors (Lipinski definition) is 4. The highest BCUT2D eigenvalue weighted by Crippen LogP contribution is 2.55. The number of carbonyl (C=O) groups excluding carboxylic acids is 1. The quantitative estimate of drug-likeness (QED) is 0.324. The molecule has 2 aromatic rings. The van der Waals surface area contributed by atoms with Crippen LogP contribution in [0.25, 0.3) is 0 Å². The lowest BCUT2D eigenvalue weighted by Gasteiger charge is -2.56. The summed E-state index contributed by atoms with van der Waals surface area (Å²) in [5.74, 6) is 2.43. The number of anilines is 1. The van der Waals surface area contributed by atoms with Gasteiger partial charge in [-0.1, -0.05) is 43.3 Å². The standard InChI is InChI=1S/C35H47N3O5/c1-22-31(19-38-12-2-3-30(38)21-40)42-33(43-32(22)27-6-4-23(20-39)5-7-27)28-8-10-29(11-9-28)36-34(41)37-35-16-24-13-25(17-35)15-26(14-24)18-35/h4-11,22,24-26,30-33,39-40H,2-3,12-21H2,1H3,(H2,36,37,41)/t22-,24?,25?,26?,30+,31+,32+,33+,35?/m1/s1. The van der Waals surface area contributed by atoms with Crippen LogP contribution < -0.4 is 10.6 Å². The summed E-state index contributed by atoms with van der Waals surface area (Å²) in [5.41, 5.74) is 3.56. The molecule has 4 N–H and O–H groups in total. The Morgan fingerprint density at radius 3 is 2.21 bits per heavy atom. The molecule has 0 radical (unpaired) electrons. The molecular formula is C35H47N3O5. The number of carbonyl (C=O) groups is 1. The maximum absolute atomic E-state index is 13.1. The van der Waals surface area contributed by atoms with E-state index in [0.29, 0.717) is 0 Å². The second kappa shape index (κ2) is 12.1. The molecule has 0 spiro atoms. The van der Waals surface area contributed by atoms with Gasteiger partial charge < -0.3 is 30.3 Å². The van der Waals surface area contributed by atoms with E-state index in [2.05, 4.69) is 22.5 Å². The third-order valence-corrected chi connectivity index (χ3v) is 11.1. The summed E-state index contributed by atoms with van der Waals surface area (Å²) in [7, 11) is 0. The van der Waals surface area contributed by atoms with Gasteiger partial charge in [0.2, 0.25) is 0 Å². The smallest absolute Gasteiger partial charge is 0.319 e. The van der Waals surface area contributed by atoms with Crippen LogP contribution >= 0.6 is 0 Å². The van der Waals surface area contributed by atoms with Crippen LogP contribution in [0, 0.1) is 23.7 Å². The zero-order chi connectivity index (χ0) is 29.6. The highest BCUT2D eigenvalue weighted by molar-refractivity contribution is 5.89. The number of aliphatic hydroxyl groups excluding tert-OH is 2. The van der Waals surface area contributed by atoms with Crippen LogP contribution in [0.1, 0.15) is 87.4 Å². The molecule has 2 saturated heterocycles. The molecule has 4 aliphatic carbocycles. The van der Waals surface area contributed by atoms with Crippen molar-refractivity contribution in [1.29, 1.82) is 0 Å². The van der Waals surface area contributed by atoms with Gasteiger partial charge in [0.05, 0.1) is 25.4 Å². The minimum Gasteiger partial charge on any atom is -0.395 e. The number of urea groups is 1. The number of nitrogens with zero attached hydrogens (tertiary/aromatic N) is 1. The molecule has 2 amide bonds. The van der Waals surface area contributed by atoms with Crippen LogP contribution in [0.3, 0.4) is 0 Å². The van der Waals surface area contributed by atoms with Crippen LogP contribution in [-0.2, 0) is 16.1 Å². The van der Waals surface area contributed by atoms with Gasteiger partial charge in [0, 0.05) is 35.3 Å². The van der Waals surface area contributed by atoms with Gasteiger partial charge in [-0.05, 0) is 98.9 Å². The van der Waals surface area contributed by atoms with Crippen LogP contribution in [0.2, 0.25) is 0 Å². The van der Waals surface area contributed by atoms with Crippen molar-refractivity contribution < 1.29 is 24.5 Å². The summed E-state index contributed by atoms with van der Waals surface area (Å²) in [4.78, 5) is 15.5. The van der Waals surface area contributed by atoms with Crippen molar-refractivity contribution in [2.24, 2.45) is 23.7 Å². The lowest BCUT2D eigenvalue weighted by atomic mass is 9.53. The minimum absolute atomic E-state index is 0.00811. The minimum atomic E-state index is -0.561. The largest absolute Gasteiger partial charge is 0.395 e. The summed E-state index contributed by atoms with van der Waals surface area (Å²) in [6.07, 6.45) is 8.70. The summed E-state index contributed by atoms with van der Waals surface area (Å²) in [6.45, 7) is 4.05. The second-order valence-electron chi connectivity index (χ2n) is 14.2. The fourth-order valence-corrected chi connectivity index (χ4v) is 9.29. The number of aliphatic hydroxyl groups is 2. The van der Waals surface area contributed by atoms with Gasteiger partial charge >= 0.3 is 6.03 Å². The summed E-state index contributed by atoms with van der Waals surface area (Å²) >= 11 is 0. The van der Waals surface area contributed by atoms with E-state index < -0.39 is 6.29 Å². The molecule has 5 atom stereocenters. The molecule has 232 valence electrons. The Labute approximate surface area is 255 Å². The lowest BCUT2D eigenvalue weighted by molar-refractivity contribution is -0.276. The first-order valence-electron chi connectivity index (χ1n) is 16.4. The van der Waals surface area contributed by atoms with Gasteiger partial charge in [-0.25, -0.2) is 4.79 Å². The van der Waals surface area contributed by atoms with E-state index in [0.717, 1.165) is 85.3 Å². The Hall–Kier alpha value is -2.49. The van der Waals surface area contributed by atoms with Gasteiger partial charge in [-0.2, -0.15) is 0 Å². The third kappa shape index (κ3) is 6.09. The highest BCUT2D eigenvalue weighted by atomic mass is 16.7. The predicted octanol–water partition coefficient (Wildman–Crippen LogP) is 5.52. The Morgan fingerprint density at radius 1 is 0.930 bits per heavy atom. The Balaban J connectivity index is 1.04. The SMILES string of the molecule is C[C@@H]1[C@H](CN2CCC[C@H]2CO)O[C@H](c2ccc(NC(=O)NC34CC5CC(CC(C5)C3)C4)cc2)O[C@@H]1c1ccc(CO)cc1. The van der Waals surface area contributed by atoms with E-state index in [1.165, 1.54) is 19.3 Å². The molecule has 0 unspecified atom stereocenters. The first-order chi connectivity index (χ1) is 20.9. The molecule has 8 rings (SSSR count). The second-order valence-corrected chi connectivity index (χ2v) is 14.2. The fourth-order valence-electron chi connectivity index (χ4n) is 9.29. The monoisotopic (exact) mass is 589 g/mol. The van der Waals surface area contributed by atoms with Crippen molar-refractivity contribution in [2.75, 3.05) is 25.0 Å². The van der Waals surface area contributed by atoms with Crippen LogP contribution in [0.5, 0.6) is 0 Å². The van der Waals surface area contributed by atoms with Gasteiger partial charge in [-0.3, -0.25) is 4.90 Å². The third-order valence-electron chi connectivity index (χ3n) is 11.1. The zero-order valence-electron chi connectivity index (χ0n) is 25.3. The molecule has 2 aliphatic heterocycles. The van der Waals surface area contributed by atoms with E-state index >= 15 is 0 Å². The number of ether oxygens (including phenoxy) is 2. The van der Waals surface area contributed by atoms with Crippen molar-refractivity contribution in [3.05, 3.63) is 65.2 Å². The summed E-state index contributed by atoms with van der Waals surface area (Å²) < 4.78 is 13.3. The van der Waals surface area contributed by atoms with E-state index in [1.54, 1.807) is 0 Å². The van der Waals surface area contributed by atoms with Crippen LogP contribution in [-0.4, -0.2) is 58.5 Å². The van der Waals surface area contributed by atoms with Gasteiger partial charge in [0.1, 0.15) is 0 Å². The van der Waals surface area contributed by atoms with Crippen LogP contribution in [0.15, 0.2) is 48.5 Å². The predicted molar refractivity (Wildman–Crippen MR) is 164 cm³/mol. The molecule has 2 heterocycles. The number of rotatable bonds is 8. The molecule has 8 nitrogen and oxygen atoms in total. The van der Waals surface area contributed by atoms with Crippen LogP contribution in [0.4, 0.5) is 10.5 Å². The number of amides is 2. The fraction of sp³-hybridized carbons (Fsp3) is 0.629. The van der Waals surface area contributed by atoms with Crippen molar-refractivity contribution in [3.63, 3.8) is 0 Å². The number of benzene rings is 2. The molecule has 6 aliphatic rings. The molecule has 6 fully saturated rings. The van der Waals surface area contributed by atoms with Gasteiger partial charge in [0.25, 0.3) is 0 Å². The molecule has 0 aromatic heterocycles. The molecule has 8 heteroatoms. The number of likely N-dealkylation sites (tertiary alicyclic amines) is 1. The zero-order valence-corrected chi connectivity index (χ0v) is 25.3. The van der Waals surface area contributed by atoms with Crippen molar-refractivity contribution >= 4 is 11.7 Å². The van der Waals surface area contributed by atoms with Crippen molar-refractivity contribution in [2.45, 2.75) is 95.0 Å². The molecular weight excluding hydrogens is 542 g/mol. The van der Waals surface area contributed by atoms with E-state index in [1.807, 2.05) is 48.5 Å². The topological polar surface area (TPSA) is 103 Å². The summed E-state index contributed by atoms with van der Waals surface area (Å²) in [6, 6.07) is 15.9. The summed E-state index contributed by atoms with van der Waals surface area (Å²) in [5, 5.41) is 25.9. The maximum atomic E-state index is 13.1. The maximum Gasteiger partial charge on any atom is 0.319 e. The van der Waals surface area contributed by atoms with Gasteiger partial charge in [0.15, 0.2) is 6.29 Å².